The Morgan fingerprint density at radius 3 is 2.95 bits per heavy atom. The molecule has 1 aliphatic rings. The summed E-state index contributed by atoms with van der Waals surface area (Å²) in [5, 5.41) is 2.79. The van der Waals surface area contributed by atoms with Crippen molar-refractivity contribution in [3.05, 3.63) is 34.2 Å². The lowest BCUT2D eigenvalue weighted by atomic mass is 10.2. The van der Waals surface area contributed by atoms with Gasteiger partial charge in [-0.25, -0.2) is 0 Å². The molecule has 0 aliphatic carbocycles. The number of aromatic amines is 1. The van der Waals surface area contributed by atoms with Gasteiger partial charge >= 0.3 is 0 Å². The van der Waals surface area contributed by atoms with Crippen LogP contribution < -0.4 is 10.9 Å². The number of pyridine rings is 1. The molecule has 0 aromatic carbocycles. The Bertz CT molecular complexity index is 538. The van der Waals surface area contributed by atoms with Gasteiger partial charge < -0.3 is 15.2 Å². The van der Waals surface area contributed by atoms with Crippen LogP contribution in [-0.4, -0.2) is 40.8 Å². The molecule has 2 N–H and O–H groups in total. The second kappa shape index (κ2) is 5.69. The SMILES string of the molecule is CC(CN1CCCC1=O)NC(=O)c1cc[nH]c(=O)c1. The number of aromatic nitrogens is 1. The fraction of sp³-hybridized carbons (Fsp3) is 0.462. The van der Waals surface area contributed by atoms with E-state index in [2.05, 4.69) is 10.3 Å². The van der Waals surface area contributed by atoms with E-state index in [0.29, 0.717) is 18.5 Å². The van der Waals surface area contributed by atoms with Gasteiger partial charge in [0.2, 0.25) is 11.5 Å². The number of hydrogen-bond acceptors (Lipinski definition) is 3. The van der Waals surface area contributed by atoms with Gasteiger partial charge in [0.25, 0.3) is 5.91 Å². The van der Waals surface area contributed by atoms with Gasteiger partial charge in [-0.15, -0.1) is 0 Å². The highest BCUT2D eigenvalue weighted by Crippen LogP contribution is 2.09. The van der Waals surface area contributed by atoms with E-state index >= 15 is 0 Å². The number of nitrogens with one attached hydrogen (secondary N) is 2. The van der Waals surface area contributed by atoms with Crippen molar-refractivity contribution in [3.63, 3.8) is 0 Å². The fourth-order valence-corrected chi connectivity index (χ4v) is 2.17. The average molecular weight is 263 g/mol. The lowest BCUT2D eigenvalue weighted by Gasteiger charge is -2.21. The summed E-state index contributed by atoms with van der Waals surface area (Å²) in [5.41, 5.74) is 0.0124. The van der Waals surface area contributed by atoms with Crippen LogP contribution in [0.3, 0.4) is 0 Å². The number of amides is 2. The third kappa shape index (κ3) is 3.43. The van der Waals surface area contributed by atoms with Gasteiger partial charge in [0.15, 0.2) is 0 Å². The molecule has 0 bridgehead atoms. The predicted octanol–water partition coefficient (Wildman–Crippen LogP) is 0.116. The van der Waals surface area contributed by atoms with Gasteiger partial charge in [-0.05, 0) is 19.4 Å². The van der Waals surface area contributed by atoms with E-state index in [-0.39, 0.29) is 23.4 Å². The largest absolute Gasteiger partial charge is 0.348 e. The smallest absolute Gasteiger partial charge is 0.251 e. The van der Waals surface area contributed by atoms with Gasteiger partial charge in [0.05, 0.1) is 0 Å². The first kappa shape index (κ1) is 13.3. The van der Waals surface area contributed by atoms with E-state index in [9.17, 15) is 14.4 Å². The molecule has 6 heteroatoms. The highest BCUT2D eigenvalue weighted by atomic mass is 16.2. The summed E-state index contributed by atoms with van der Waals surface area (Å²) in [4.78, 5) is 38.7. The Kier molecular flexibility index (Phi) is 3.99. The summed E-state index contributed by atoms with van der Waals surface area (Å²) in [6.45, 7) is 3.11. The minimum Gasteiger partial charge on any atom is -0.348 e. The van der Waals surface area contributed by atoms with Crippen molar-refractivity contribution in [1.82, 2.24) is 15.2 Å². The number of hydrogen-bond donors (Lipinski definition) is 2. The molecule has 1 fully saturated rings. The molecular formula is C13H17N3O3. The van der Waals surface area contributed by atoms with E-state index in [1.54, 1.807) is 11.0 Å². The maximum Gasteiger partial charge on any atom is 0.251 e. The van der Waals surface area contributed by atoms with Crippen LogP contribution in [0, 0.1) is 0 Å². The highest BCUT2D eigenvalue weighted by molar-refractivity contribution is 5.94. The fourth-order valence-electron chi connectivity index (χ4n) is 2.17. The van der Waals surface area contributed by atoms with Crippen LogP contribution >= 0.6 is 0 Å². The summed E-state index contributed by atoms with van der Waals surface area (Å²) in [5.74, 6) is -0.164. The van der Waals surface area contributed by atoms with E-state index in [4.69, 9.17) is 0 Å². The molecule has 1 aliphatic heterocycles. The summed E-state index contributed by atoms with van der Waals surface area (Å²) in [6.07, 6.45) is 2.91. The zero-order chi connectivity index (χ0) is 13.8. The first-order valence-corrected chi connectivity index (χ1v) is 6.33. The third-order valence-corrected chi connectivity index (χ3v) is 3.08. The monoisotopic (exact) mass is 263 g/mol. The van der Waals surface area contributed by atoms with Crippen molar-refractivity contribution in [2.24, 2.45) is 0 Å². The molecule has 102 valence electrons. The van der Waals surface area contributed by atoms with Crippen molar-refractivity contribution in [1.29, 1.82) is 0 Å². The summed E-state index contributed by atoms with van der Waals surface area (Å²) in [7, 11) is 0. The molecule has 1 saturated heterocycles. The van der Waals surface area contributed by atoms with Crippen LogP contribution in [0.2, 0.25) is 0 Å². The van der Waals surface area contributed by atoms with Gasteiger partial charge in [-0.2, -0.15) is 0 Å². The highest BCUT2D eigenvalue weighted by Gasteiger charge is 2.22. The summed E-state index contributed by atoms with van der Waals surface area (Å²) >= 11 is 0. The Balaban J connectivity index is 1.91. The minimum atomic E-state index is -0.310. The van der Waals surface area contributed by atoms with E-state index in [0.717, 1.165) is 13.0 Å². The standard InChI is InChI=1S/C13H17N3O3/c1-9(8-16-6-2-3-12(16)18)15-13(19)10-4-5-14-11(17)7-10/h4-5,7,9H,2-3,6,8H2,1H3,(H,14,17)(H,15,19). The lowest BCUT2D eigenvalue weighted by molar-refractivity contribution is -0.127. The molecule has 2 rings (SSSR count). The Morgan fingerprint density at radius 1 is 1.53 bits per heavy atom. The maximum atomic E-state index is 11.9. The molecule has 1 unspecified atom stereocenters. The molecule has 2 heterocycles. The van der Waals surface area contributed by atoms with Crippen LogP contribution in [0.15, 0.2) is 23.1 Å². The van der Waals surface area contributed by atoms with Crippen LogP contribution in [0.5, 0.6) is 0 Å². The third-order valence-electron chi connectivity index (χ3n) is 3.08. The normalized spacial score (nSPS) is 16.5. The summed E-state index contributed by atoms with van der Waals surface area (Å²) in [6, 6.07) is 2.65. The first-order valence-electron chi connectivity index (χ1n) is 6.33. The van der Waals surface area contributed by atoms with Crippen LogP contribution in [0.25, 0.3) is 0 Å². The Hall–Kier alpha value is -2.11. The van der Waals surface area contributed by atoms with E-state index < -0.39 is 0 Å². The molecule has 0 radical (unpaired) electrons. The second-order valence-corrected chi connectivity index (χ2v) is 4.76. The summed E-state index contributed by atoms with van der Waals surface area (Å²) < 4.78 is 0. The van der Waals surface area contributed by atoms with Crippen molar-refractivity contribution in [2.45, 2.75) is 25.8 Å². The lowest BCUT2D eigenvalue weighted by Crippen LogP contribution is -2.42. The molecule has 19 heavy (non-hydrogen) atoms. The number of nitrogens with zero attached hydrogens (tertiary/aromatic N) is 1. The van der Waals surface area contributed by atoms with Gasteiger partial charge in [-0.3, -0.25) is 14.4 Å². The Morgan fingerprint density at radius 2 is 2.32 bits per heavy atom. The van der Waals surface area contributed by atoms with Gasteiger partial charge in [-0.1, -0.05) is 0 Å². The minimum absolute atomic E-state index is 0.136. The number of likely N-dealkylation sites (tertiary alicyclic amines) is 1. The van der Waals surface area contributed by atoms with Crippen molar-refractivity contribution >= 4 is 11.8 Å². The zero-order valence-corrected chi connectivity index (χ0v) is 10.8. The van der Waals surface area contributed by atoms with Gasteiger partial charge in [0, 0.05) is 43.4 Å². The zero-order valence-electron chi connectivity index (χ0n) is 10.8. The van der Waals surface area contributed by atoms with Crippen LogP contribution in [0.1, 0.15) is 30.1 Å². The van der Waals surface area contributed by atoms with Crippen LogP contribution in [0.4, 0.5) is 0 Å². The molecule has 1 atom stereocenters. The van der Waals surface area contributed by atoms with Crippen molar-refractivity contribution in [3.8, 4) is 0 Å². The molecule has 6 nitrogen and oxygen atoms in total. The molecule has 0 saturated carbocycles. The number of rotatable bonds is 4. The predicted molar refractivity (Wildman–Crippen MR) is 69.8 cm³/mol. The van der Waals surface area contributed by atoms with Crippen molar-refractivity contribution in [2.75, 3.05) is 13.1 Å². The van der Waals surface area contributed by atoms with E-state index in [1.165, 1.54) is 12.3 Å². The van der Waals surface area contributed by atoms with Gasteiger partial charge in [0.1, 0.15) is 0 Å². The molecule has 1 aromatic rings. The number of carbonyl (C=O) groups excluding carboxylic acids is 2. The molecule has 2 amide bonds. The maximum absolute atomic E-state index is 11.9. The quantitative estimate of drug-likeness (QED) is 0.809. The average Bonchev–Trinajstić information content (AvgIpc) is 2.75. The second-order valence-electron chi connectivity index (χ2n) is 4.76. The number of H-pyrrole nitrogens is 1. The first-order chi connectivity index (χ1) is 9.06. The van der Waals surface area contributed by atoms with E-state index in [1.807, 2.05) is 6.92 Å². The molecular weight excluding hydrogens is 246 g/mol. The Labute approximate surface area is 110 Å². The molecule has 1 aromatic heterocycles. The van der Waals surface area contributed by atoms with Crippen molar-refractivity contribution < 1.29 is 9.59 Å². The number of carbonyl (C=O) groups is 2. The topological polar surface area (TPSA) is 82.3 Å². The van der Waals surface area contributed by atoms with Crippen LogP contribution in [-0.2, 0) is 4.79 Å². The molecule has 0 spiro atoms.